The van der Waals surface area contributed by atoms with Crippen molar-refractivity contribution in [3.05, 3.63) is 76.6 Å². The molecular weight excluding hydrogens is 336 g/mol. The van der Waals surface area contributed by atoms with Crippen LogP contribution in [0, 0.1) is 6.92 Å². The summed E-state index contributed by atoms with van der Waals surface area (Å²) in [5.41, 5.74) is 2.85. The number of aromatic nitrogens is 1. The standard InChI is InChI=1S/C20H21ClN2O2/c1-15-19(22-20(25-15)17-9-5-6-10-18(17)21)14-23(11-12-24)13-16-7-3-2-4-8-16/h2-10,24H,11-14H2,1H3. The monoisotopic (exact) mass is 356 g/mol. The topological polar surface area (TPSA) is 49.5 Å². The zero-order chi connectivity index (χ0) is 17.6. The van der Waals surface area contributed by atoms with Crippen molar-refractivity contribution in [2.45, 2.75) is 20.0 Å². The van der Waals surface area contributed by atoms with Gasteiger partial charge in [-0.1, -0.05) is 54.1 Å². The maximum absolute atomic E-state index is 9.38. The average Bonchev–Trinajstić information content (AvgIpc) is 2.97. The first kappa shape index (κ1) is 17.7. The summed E-state index contributed by atoms with van der Waals surface area (Å²) in [4.78, 5) is 6.78. The van der Waals surface area contributed by atoms with Crippen LogP contribution in [0.3, 0.4) is 0 Å². The van der Waals surface area contributed by atoms with Crippen LogP contribution in [0.25, 0.3) is 11.5 Å². The Morgan fingerprint density at radius 1 is 1.04 bits per heavy atom. The van der Waals surface area contributed by atoms with E-state index in [2.05, 4.69) is 22.0 Å². The van der Waals surface area contributed by atoms with Gasteiger partial charge in [-0.05, 0) is 24.6 Å². The minimum absolute atomic E-state index is 0.0983. The summed E-state index contributed by atoms with van der Waals surface area (Å²) in [7, 11) is 0. The lowest BCUT2D eigenvalue weighted by molar-refractivity contribution is 0.182. The highest BCUT2D eigenvalue weighted by atomic mass is 35.5. The number of halogens is 1. The van der Waals surface area contributed by atoms with Gasteiger partial charge in [0, 0.05) is 19.6 Å². The smallest absolute Gasteiger partial charge is 0.228 e. The Hall–Kier alpha value is -2.14. The van der Waals surface area contributed by atoms with Crippen LogP contribution in [0.15, 0.2) is 59.0 Å². The summed E-state index contributed by atoms with van der Waals surface area (Å²) in [5.74, 6) is 1.30. The largest absolute Gasteiger partial charge is 0.441 e. The molecule has 0 amide bonds. The van der Waals surface area contributed by atoms with Crippen molar-refractivity contribution in [3.8, 4) is 11.5 Å². The number of rotatable bonds is 7. The van der Waals surface area contributed by atoms with Crippen molar-refractivity contribution < 1.29 is 9.52 Å². The quantitative estimate of drug-likeness (QED) is 0.685. The van der Waals surface area contributed by atoms with Gasteiger partial charge in [-0.2, -0.15) is 0 Å². The highest BCUT2D eigenvalue weighted by molar-refractivity contribution is 6.33. The zero-order valence-electron chi connectivity index (χ0n) is 14.2. The third-order valence-corrected chi connectivity index (χ3v) is 4.37. The normalized spacial score (nSPS) is 11.2. The third kappa shape index (κ3) is 4.48. The highest BCUT2D eigenvalue weighted by Crippen LogP contribution is 2.28. The van der Waals surface area contributed by atoms with Crippen molar-refractivity contribution >= 4 is 11.6 Å². The van der Waals surface area contributed by atoms with Crippen LogP contribution in [-0.4, -0.2) is 28.1 Å². The van der Waals surface area contributed by atoms with E-state index < -0.39 is 0 Å². The van der Waals surface area contributed by atoms with Gasteiger partial charge in [0.1, 0.15) is 5.76 Å². The first-order valence-electron chi connectivity index (χ1n) is 8.25. The molecule has 0 saturated heterocycles. The molecule has 0 aliphatic carbocycles. The molecule has 0 spiro atoms. The molecule has 4 nitrogen and oxygen atoms in total. The average molecular weight is 357 g/mol. The first-order chi connectivity index (χ1) is 12.2. The molecule has 1 N–H and O–H groups in total. The number of aliphatic hydroxyl groups excluding tert-OH is 1. The molecule has 0 radical (unpaired) electrons. The predicted molar refractivity (Wildman–Crippen MR) is 99.3 cm³/mol. The fourth-order valence-electron chi connectivity index (χ4n) is 2.73. The fourth-order valence-corrected chi connectivity index (χ4v) is 2.95. The highest BCUT2D eigenvalue weighted by Gasteiger charge is 2.16. The molecule has 0 bridgehead atoms. The lowest BCUT2D eigenvalue weighted by atomic mass is 10.2. The molecule has 0 unspecified atom stereocenters. The van der Waals surface area contributed by atoms with E-state index in [0.29, 0.717) is 24.0 Å². The molecule has 130 valence electrons. The maximum Gasteiger partial charge on any atom is 0.228 e. The second kappa shape index (κ2) is 8.30. The fraction of sp³-hybridized carbons (Fsp3) is 0.250. The molecule has 3 rings (SSSR count). The molecule has 1 heterocycles. The first-order valence-corrected chi connectivity index (χ1v) is 8.63. The van der Waals surface area contributed by atoms with Crippen molar-refractivity contribution in [2.24, 2.45) is 0 Å². The number of hydrogen-bond acceptors (Lipinski definition) is 4. The SMILES string of the molecule is Cc1oc(-c2ccccc2Cl)nc1CN(CCO)Cc1ccccc1. The van der Waals surface area contributed by atoms with E-state index >= 15 is 0 Å². The van der Waals surface area contributed by atoms with Gasteiger partial charge in [0.2, 0.25) is 5.89 Å². The molecular formula is C20H21ClN2O2. The maximum atomic E-state index is 9.38. The Balaban J connectivity index is 1.79. The summed E-state index contributed by atoms with van der Waals surface area (Å²) in [6.45, 7) is 3.93. The molecule has 1 aromatic heterocycles. The Morgan fingerprint density at radius 3 is 2.48 bits per heavy atom. The Labute approximate surface area is 152 Å². The van der Waals surface area contributed by atoms with Gasteiger partial charge in [0.25, 0.3) is 0 Å². The minimum atomic E-state index is 0.0983. The molecule has 0 aliphatic rings. The van der Waals surface area contributed by atoms with Crippen molar-refractivity contribution in [1.29, 1.82) is 0 Å². The lowest BCUT2D eigenvalue weighted by Crippen LogP contribution is -2.26. The third-order valence-electron chi connectivity index (χ3n) is 4.04. The predicted octanol–water partition coefficient (Wildman–Crippen LogP) is 4.30. The van der Waals surface area contributed by atoms with Gasteiger partial charge < -0.3 is 9.52 Å². The van der Waals surface area contributed by atoms with E-state index in [9.17, 15) is 5.11 Å². The minimum Gasteiger partial charge on any atom is -0.441 e. The summed E-state index contributed by atoms with van der Waals surface area (Å²) >= 11 is 6.24. The lowest BCUT2D eigenvalue weighted by Gasteiger charge is -2.20. The van der Waals surface area contributed by atoms with E-state index in [1.54, 1.807) is 0 Å². The Morgan fingerprint density at radius 2 is 1.76 bits per heavy atom. The van der Waals surface area contributed by atoms with Gasteiger partial charge in [-0.3, -0.25) is 4.90 Å². The van der Waals surface area contributed by atoms with Crippen LogP contribution in [0.4, 0.5) is 0 Å². The van der Waals surface area contributed by atoms with Gasteiger partial charge >= 0.3 is 0 Å². The Bertz CT molecular complexity index is 818. The molecule has 25 heavy (non-hydrogen) atoms. The van der Waals surface area contributed by atoms with Crippen LogP contribution in [0.1, 0.15) is 17.0 Å². The molecule has 0 fully saturated rings. The Kier molecular flexibility index (Phi) is 5.87. The van der Waals surface area contributed by atoms with E-state index in [1.807, 2.05) is 49.4 Å². The molecule has 5 heteroatoms. The number of benzene rings is 2. The van der Waals surface area contributed by atoms with Crippen molar-refractivity contribution in [3.63, 3.8) is 0 Å². The summed E-state index contributed by atoms with van der Waals surface area (Å²) in [5, 5.41) is 10.00. The number of hydrogen-bond donors (Lipinski definition) is 1. The van der Waals surface area contributed by atoms with Gasteiger partial charge in [0.15, 0.2) is 0 Å². The van der Waals surface area contributed by atoms with E-state index in [0.717, 1.165) is 23.6 Å². The molecule has 2 aromatic carbocycles. The van der Waals surface area contributed by atoms with Gasteiger partial charge in [0.05, 0.1) is 22.9 Å². The summed E-state index contributed by atoms with van der Waals surface area (Å²) in [6.07, 6.45) is 0. The summed E-state index contributed by atoms with van der Waals surface area (Å²) < 4.78 is 5.83. The molecule has 0 atom stereocenters. The zero-order valence-corrected chi connectivity index (χ0v) is 14.9. The number of oxazole rings is 1. The molecule has 0 aliphatic heterocycles. The van der Waals surface area contributed by atoms with Crippen LogP contribution < -0.4 is 0 Å². The number of aliphatic hydroxyl groups is 1. The number of nitrogens with zero attached hydrogens (tertiary/aromatic N) is 2. The van der Waals surface area contributed by atoms with Gasteiger partial charge in [-0.15, -0.1) is 0 Å². The molecule has 3 aromatic rings. The van der Waals surface area contributed by atoms with Crippen LogP contribution in [0.5, 0.6) is 0 Å². The second-order valence-corrected chi connectivity index (χ2v) is 6.33. The van der Waals surface area contributed by atoms with Crippen LogP contribution >= 0.6 is 11.6 Å². The van der Waals surface area contributed by atoms with E-state index in [-0.39, 0.29) is 6.61 Å². The van der Waals surface area contributed by atoms with Gasteiger partial charge in [-0.25, -0.2) is 4.98 Å². The second-order valence-electron chi connectivity index (χ2n) is 5.92. The van der Waals surface area contributed by atoms with E-state index in [4.69, 9.17) is 16.0 Å². The van der Waals surface area contributed by atoms with E-state index in [1.165, 1.54) is 5.56 Å². The van der Waals surface area contributed by atoms with Crippen molar-refractivity contribution in [1.82, 2.24) is 9.88 Å². The number of aryl methyl sites for hydroxylation is 1. The molecule has 0 saturated carbocycles. The summed E-state index contributed by atoms with van der Waals surface area (Å²) in [6, 6.07) is 17.7. The van der Waals surface area contributed by atoms with Crippen LogP contribution in [0.2, 0.25) is 5.02 Å². The van der Waals surface area contributed by atoms with Crippen molar-refractivity contribution in [2.75, 3.05) is 13.2 Å². The van der Waals surface area contributed by atoms with Crippen LogP contribution in [-0.2, 0) is 13.1 Å².